The smallest absolute Gasteiger partial charge is 0.410 e. The minimum atomic E-state index is -0.476. The third-order valence-electron chi connectivity index (χ3n) is 3.72. The van der Waals surface area contributed by atoms with Crippen molar-refractivity contribution in [2.24, 2.45) is 0 Å². The van der Waals surface area contributed by atoms with E-state index >= 15 is 0 Å². The first-order valence-electron chi connectivity index (χ1n) is 8.65. The Morgan fingerprint density at radius 1 is 1.23 bits per heavy atom. The molecule has 2 aromatic rings. The van der Waals surface area contributed by atoms with Crippen LogP contribution >= 0.6 is 15.9 Å². The van der Waals surface area contributed by atoms with Crippen LogP contribution in [0, 0.1) is 6.92 Å². The SMILES string of the molecule is Cc1ncnc2c(OCCCCN(C)C(=O)OC(C)(C)C)cc(Br)cc12. The molecule has 0 saturated heterocycles. The van der Waals surface area contributed by atoms with Gasteiger partial charge < -0.3 is 14.4 Å². The number of rotatable bonds is 6. The van der Waals surface area contributed by atoms with Gasteiger partial charge in [-0.05, 0) is 52.7 Å². The Balaban J connectivity index is 1.85. The van der Waals surface area contributed by atoms with E-state index in [0.29, 0.717) is 13.2 Å². The van der Waals surface area contributed by atoms with Crippen molar-refractivity contribution in [3.8, 4) is 5.75 Å². The molecule has 0 aliphatic rings. The normalized spacial score (nSPS) is 11.5. The maximum atomic E-state index is 11.9. The number of halogens is 1. The Bertz CT molecular complexity index is 774. The first kappa shape index (κ1) is 20.4. The summed E-state index contributed by atoms with van der Waals surface area (Å²) in [6, 6.07) is 3.91. The summed E-state index contributed by atoms with van der Waals surface area (Å²) in [5.74, 6) is 0.736. The van der Waals surface area contributed by atoms with Crippen molar-refractivity contribution in [2.75, 3.05) is 20.2 Å². The molecule has 2 rings (SSSR count). The highest BCUT2D eigenvalue weighted by atomic mass is 79.9. The van der Waals surface area contributed by atoms with Gasteiger partial charge in [0.15, 0.2) is 0 Å². The Morgan fingerprint density at radius 2 is 1.96 bits per heavy atom. The van der Waals surface area contributed by atoms with Crippen LogP contribution in [0.2, 0.25) is 0 Å². The van der Waals surface area contributed by atoms with Crippen molar-refractivity contribution < 1.29 is 14.3 Å². The Kier molecular flexibility index (Phi) is 6.81. The number of aryl methyl sites for hydroxylation is 1. The number of carbonyl (C=O) groups excluding carboxylic acids is 1. The van der Waals surface area contributed by atoms with Gasteiger partial charge in [-0.1, -0.05) is 15.9 Å². The van der Waals surface area contributed by atoms with E-state index < -0.39 is 5.60 Å². The molecule has 7 heteroatoms. The first-order chi connectivity index (χ1) is 12.2. The van der Waals surface area contributed by atoms with Crippen molar-refractivity contribution in [2.45, 2.75) is 46.1 Å². The summed E-state index contributed by atoms with van der Waals surface area (Å²) in [4.78, 5) is 22.1. The Morgan fingerprint density at radius 3 is 2.65 bits per heavy atom. The van der Waals surface area contributed by atoms with Gasteiger partial charge in [0.05, 0.1) is 6.61 Å². The summed E-state index contributed by atoms with van der Waals surface area (Å²) in [5, 5.41) is 0.974. The number of unbranched alkanes of at least 4 members (excludes halogenated alkanes) is 1. The van der Waals surface area contributed by atoms with Crippen LogP contribution in [0.15, 0.2) is 22.9 Å². The molecule has 1 aromatic heterocycles. The molecule has 0 unspecified atom stereocenters. The topological polar surface area (TPSA) is 64.6 Å². The zero-order chi connectivity index (χ0) is 19.3. The average molecular weight is 424 g/mol. The van der Waals surface area contributed by atoms with Crippen molar-refractivity contribution in [3.63, 3.8) is 0 Å². The molecule has 1 aromatic carbocycles. The molecule has 6 nitrogen and oxygen atoms in total. The van der Waals surface area contributed by atoms with Gasteiger partial charge in [-0.15, -0.1) is 0 Å². The molecule has 0 saturated carbocycles. The number of aromatic nitrogens is 2. The Hall–Kier alpha value is -1.89. The summed E-state index contributed by atoms with van der Waals surface area (Å²) >= 11 is 3.51. The molecular weight excluding hydrogens is 398 g/mol. The highest BCUT2D eigenvalue weighted by Crippen LogP contribution is 2.29. The van der Waals surface area contributed by atoms with Gasteiger partial charge in [0, 0.05) is 29.1 Å². The molecule has 0 bridgehead atoms. The predicted octanol–water partition coefficient (Wildman–Crippen LogP) is 4.73. The fourth-order valence-corrected chi connectivity index (χ4v) is 2.84. The molecule has 0 atom stereocenters. The van der Waals surface area contributed by atoms with Crippen LogP contribution in [-0.2, 0) is 4.74 Å². The molecule has 0 aliphatic carbocycles. The summed E-state index contributed by atoms with van der Waals surface area (Å²) in [5.41, 5.74) is 1.25. The molecule has 0 N–H and O–H groups in total. The van der Waals surface area contributed by atoms with E-state index in [4.69, 9.17) is 9.47 Å². The Labute approximate surface area is 163 Å². The van der Waals surface area contributed by atoms with Crippen LogP contribution in [0.3, 0.4) is 0 Å². The number of hydrogen-bond acceptors (Lipinski definition) is 5. The van der Waals surface area contributed by atoms with E-state index in [1.807, 2.05) is 39.8 Å². The van der Waals surface area contributed by atoms with E-state index in [1.165, 1.54) is 0 Å². The van der Waals surface area contributed by atoms with Crippen LogP contribution in [0.4, 0.5) is 4.79 Å². The van der Waals surface area contributed by atoms with Crippen molar-refractivity contribution in [3.05, 3.63) is 28.6 Å². The molecule has 0 radical (unpaired) electrons. The van der Waals surface area contributed by atoms with Crippen molar-refractivity contribution in [1.29, 1.82) is 0 Å². The van der Waals surface area contributed by atoms with Gasteiger partial charge in [-0.25, -0.2) is 14.8 Å². The van der Waals surface area contributed by atoms with E-state index in [1.54, 1.807) is 18.3 Å². The zero-order valence-electron chi connectivity index (χ0n) is 16.0. The number of carbonyl (C=O) groups is 1. The summed E-state index contributed by atoms with van der Waals surface area (Å²) in [6.07, 6.45) is 2.90. The highest BCUT2D eigenvalue weighted by Gasteiger charge is 2.19. The van der Waals surface area contributed by atoms with Crippen LogP contribution < -0.4 is 4.74 Å². The van der Waals surface area contributed by atoms with Gasteiger partial charge in [0.2, 0.25) is 0 Å². The second-order valence-electron chi connectivity index (χ2n) is 7.22. The summed E-state index contributed by atoms with van der Waals surface area (Å²) in [7, 11) is 1.75. The predicted molar refractivity (Wildman–Crippen MR) is 106 cm³/mol. The van der Waals surface area contributed by atoms with Gasteiger partial charge >= 0.3 is 6.09 Å². The van der Waals surface area contributed by atoms with Crippen LogP contribution in [0.5, 0.6) is 5.75 Å². The maximum absolute atomic E-state index is 11.9. The number of amides is 1. The fourth-order valence-electron chi connectivity index (χ4n) is 2.40. The lowest BCUT2D eigenvalue weighted by Crippen LogP contribution is -2.34. The van der Waals surface area contributed by atoms with Gasteiger partial charge in [-0.3, -0.25) is 0 Å². The number of benzene rings is 1. The first-order valence-corrected chi connectivity index (χ1v) is 9.44. The van der Waals surface area contributed by atoms with Crippen LogP contribution in [-0.4, -0.2) is 46.8 Å². The second-order valence-corrected chi connectivity index (χ2v) is 8.13. The van der Waals surface area contributed by atoms with Crippen molar-refractivity contribution >= 4 is 32.9 Å². The lowest BCUT2D eigenvalue weighted by Gasteiger charge is -2.24. The molecule has 0 aliphatic heterocycles. The highest BCUT2D eigenvalue weighted by molar-refractivity contribution is 9.10. The minimum Gasteiger partial charge on any atom is -0.491 e. The van der Waals surface area contributed by atoms with Gasteiger partial charge in [-0.2, -0.15) is 0 Å². The lowest BCUT2D eigenvalue weighted by molar-refractivity contribution is 0.0295. The van der Waals surface area contributed by atoms with Gasteiger partial charge in [0.1, 0.15) is 23.2 Å². The van der Waals surface area contributed by atoms with E-state index in [2.05, 4.69) is 25.9 Å². The molecule has 26 heavy (non-hydrogen) atoms. The standard InChI is InChI=1S/C19H26BrN3O3/c1-13-15-10-14(20)11-16(17(15)22-12-21-13)25-9-7-6-8-23(5)18(24)26-19(2,3)4/h10-12H,6-9H2,1-5H3. The molecule has 0 spiro atoms. The third kappa shape index (κ3) is 5.83. The second kappa shape index (κ2) is 8.66. The number of hydrogen-bond donors (Lipinski definition) is 0. The molecule has 1 amide bonds. The zero-order valence-corrected chi connectivity index (χ0v) is 17.6. The monoisotopic (exact) mass is 423 g/mol. The summed E-state index contributed by atoms with van der Waals surface area (Å²) < 4.78 is 12.2. The van der Waals surface area contributed by atoms with Crippen LogP contribution in [0.1, 0.15) is 39.3 Å². The molecular formula is C19H26BrN3O3. The van der Waals surface area contributed by atoms with E-state index in [0.717, 1.165) is 39.7 Å². The molecule has 1 heterocycles. The average Bonchev–Trinajstić information content (AvgIpc) is 2.53. The lowest BCUT2D eigenvalue weighted by atomic mass is 10.2. The third-order valence-corrected chi connectivity index (χ3v) is 4.18. The van der Waals surface area contributed by atoms with E-state index in [9.17, 15) is 4.79 Å². The van der Waals surface area contributed by atoms with Crippen molar-refractivity contribution in [1.82, 2.24) is 14.9 Å². The summed E-state index contributed by atoms with van der Waals surface area (Å²) in [6.45, 7) is 8.71. The molecule has 142 valence electrons. The minimum absolute atomic E-state index is 0.302. The van der Waals surface area contributed by atoms with E-state index in [-0.39, 0.29) is 6.09 Å². The maximum Gasteiger partial charge on any atom is 0.410 e. The molecule has 0 fully saturated rings. The number of ether oxygens (including phenoxy) is 2. The van der Waals surface area contributed by atoms with Gasteiger partial charge in [0.25, 0.3) is 0 Å². The largest absolute Gasteiger partial charge is 0.491 e. The number of nitrogens with zero attached hydrogens (tertiary/aromatic N) is 3. The quantitative estimate of drug-likeness (QED) is 0.628. The number of fused-ring (bicyclic) bond motifs is 1. The van der Waals surface area contributed by atoms with Crippen LogP contribution in [0.25, 0.3) is 10.9 Å². The fraction of sp³-hybridized carbons (Fsp3) is 0.526.